The van der Waals surface area contributed by atoms with Gasteiger partial charge in [-0.2, -0.15) is 0 Å². The van der Waals surface area contributed by atoms with E-state index in [0.29, 0.717) is 10.6 Å². The first-order valence-electron chi connectivity index (χ1n) is 11.1. The van der Waals surface area contributed by atoms with E-state index in [1.165, 1.54) is 16.9 Å². The van der Waals surface area contributed by atoms with Crippen LogP contribution in [0.15, 0.2) is 24.3 Å². The van der Waals surface area contributed by atoms with Crippen molar-refractivity contribution in [2.45, 2.75) is 52.4 Å². The van der Waals surface area contributed by atoms with Crippen molar-refractivity contribution in [2.75, 3.05) is 5.32 Å². The zero-order chi connectivity index (χ0) is 23.4. The van der Waals surface area contributed by atoms with Crippen molar-refractivity contribution >= 4 is 34.1 Å². The van der Waals surface area contributed by atoms with Gasteiger partial charge in [-0.15, -0.1) is 11.3 Å². The Morgan fingerprint density at radius 2 is 1.66 bits per heavy atom. The van der Waals surface area contributed by atoms with Crippen LogP contribution >= 0.6 is 11.3 Å². The Kier molecular flexibility index (Phi) is 5.65. The Balaban J connectivity index is 1.67. The Labute approximate surface area is 192 Å². The summed E-state index contributed by atoms with van der Waals surface area (Å²) in [5.41, 5.74) is 8.82. The van der Waals surface area contributed by atoms with Crippen LogP contribution in [0.2, 0.25) is 0 Å². The number of carbonyl (C=O) groups is 3. The number of amides is 2. The smallest absolute Gasteiger partial charge is 0.307 e. The molecule has 2 fully saturated rings. The molecule has 2 saturated carbocycles. The van der Waals surface area contributed by atoms with Gasteiger partial charge < -0.3 is 16.2 Å². The quantitative estimate of drug-likeness (QED) is 0.602. The Hall–Kier alpha value is -2.67. The minimum absolute atomic E-state index is 0.00915. The second kappa shape index (κ2) is 8.03. The molecule has 7 heteroatoms. The minimum atomic E-state index is -0.908. The van der Waals surface area contributed by atoms with Gasteiger partial charge in [-0.25, -0.2) is 0 Å². The van der Waals surface area contributed by atoms with Gasteiger partial charge in [-0.05, 0) is 54.6 Å². The molecule has 170 valence electrons. The van der Waals surface area contributed by atoms with Gasteiger partial charge in [0.1, 0.15) is 5.00 Å². The highest BCUT2D eigenvalue weighted by atomic mass is 32.1. The van der Waals surface area contributed by atoms with Crippen LogP contribution in [0.4, 0.5) is 5.00 Å². The number of aliphatic carboxylic acids is 1. The molecule has 2 bridgehead atoms. The monoisotopic (exact) mass is 454 g/mol. The molecule has 0 saturated heterocycles. The van der Waals surface area contributed by atoms with Crippen LogP contribution in [-0.2, 0) is 15.0 Å². The number of carboxylic acids is 1. The normalized spacial score (nSPS) is 24.5. The van der Waals surface area contributed by atoms with Crippen molar-refractivity contribution in [3.63, 3.8) is 0 Å². The van der Waals surface area contributed by atoms with Crippen LogP contribution in [0.1, 0.15) is 60.8 Å². The van der Waals surface area contributed by atoms with E-state index in [9.17, 15) is 19.5 Å². The van der Waals surface area contributed by atoms with Gasteiger partial charge in [-0.3, -0.25) is 14.4 Å². The van der Waals surface area contributed by atoms with E-state index in [2.05, 4.69) is 26.1 Å². The fourth-order valence-corrected chi connectivity index (χ4v) is 6.66. The fraction of sp³-hybridized carbons (Fsp3) is 0.480. The highest BCUT2D eigenvalue weighted by Crippen LogP contribution is 2.53. The van der Waals surface area contributed by atoms with Crippen LogP contribution in [0.25, 0.3) is 11.1 Å². The summed E-state index contributed by atoms with van der Waals surface area (Å²) in [4.78, 5) is 38.3. The Bertz CT molecular complexity index is 1080. The molecular weight excluding hydrogens is 424 g/mol. The number of carboxylic acid groups (broad SMARTS) is 1. The van der Waals surface area contributed by atoms with Crippen molar-refractivity contribution in [3.05, 3.63) is 40.3 Å². The van der Waals surface area contributed by atoms with Crippen LogP contribution in [-0.4, -0.2) is 22.9 Å². The number of primary amides is 1. The molecule has 0 aliphatic heterocycles. The van der Waals surface area contributed by atoms with E-state index in [1.54, 1.807) is 0 Å². The summed E-state index contributed by atoms with van der Waals surface area (Å²) in [5, 5.41) is 13.0. The number of benzene rings is 1. The third-order valence-electron chi connectivity index (χ3n) is 7.11. The fourth-order valence-electron chi connectivity index (χ4n) is 5.57. The van der Waals surface area contributed by atoms with E-state index >= 15 is 0 Å². The molecule has 1 heterocycles. The highest BCUT2D eigenvalue weighted by molar-refractivity contribution is 7.17. The molecule has 2 aliphatic rings. The Morgan fingerprint density at radius 3 is 2.19 bits per heavy atom. The average Bonchev–Trinajstić information content (AvgIpc) is 3.39. The van der Waals surface area contributed by atoms with Crippen LogP contribution in [0.5, 0.6) is 0 Å². The van der Waals surface area contributed by atoms with Crippen LogP contribution < -0.4 is 11.1 Å². The Morgan fingerprint density at radius 1 is 1.06 bits per heavy atom. The van der Waals surface area contributed by atoms with Crippen molar-refractivity contribution in [1.29, 1.82) is 0 Å². The van der Waals surface area contributed by atoms with Crippen LogP contribution in [0, 0.1) is 30.6 Å². The first kappa shape index (κ1) is 22.5. The van der Waals surface area contributed by atoms with Gasteiger partial charge >= 0.3 is 5.97 Å². The van der Waals surface area contributed by atoms with Gasteiger partial charge in [0.05, 0.1) is 17.4 Å². The second-order valence-electron chi connectivity index (χ2n) is 10.1. The zero-order valence-corrected chi connectivity index (χ0v) is 19.7. The number of carbonyl (C=O) groups excluding carboxylic acids is 2. The predicted octanol–water partition coefficient (Wildman–Crippen LogP) is 4.81. The number of nitrogens with one attached hydrogen (secondary N) is 1. The molecule has 4 rings (SSSR count). The summed E-state index contributed by atoms with van der Waals surface area (Å²) in [6.45, 7) is 8.32. The van der Waals surface area contributed by atoms with Crippen molar-refractivity contribution in [3.8, 4) is 11.1 Å². The summed E-state index contributed by atoms with van der Waals surface area (Å²) in [6.07, 6.45) is 2.53. The van der Waals surface area contributed by atoms with Crippen molar-refractivity contribution in [1.82, 2.24) is 0 Å². The summed E-state index contributed by atoms with van der Waals surface area (Å²) in [7, 11) is 0. The van der Waals surface area contributed by atoms with Crippen molar-refractivity contribution in [2.24, 2.45) is 29.4 Å². The second-order valence-corrected chi connectivity index (χ2v) is 11.4. The molecule has 2 amide bonds. The lowest BCUT2D eigenvalue weighted by molar-refractivity contribution is -0.148. The average molecular weight is 455 g/mol. The maximum atomic E-state index is 13.2. The molecule has 1 aromatic carbocycles. The third kappa shape index (κ3) is 3.83. The topological polar surface area (TPSA) is 109 Å². The molecule has 6 nitrogen and oxygen atoms in total. The molecular formula is C25H30N2O4S. The number of hydrogen-bond donors (Lipinski definition) is 3. The molecule has 4 N–H and O–H groups in total. The SMILES string of the molecule is Cc1sc(NC(=O)[C@H]2[C@H]3CC[C@@H](C3)[C@@H]2C(=O)O)c(C(N)=O)c1-c1ccc(C(C)(C)C)cc1. The summed E-state index contributed by atoms with van der Waals surface area (Å²) >= 11 is 1.31. The van der Waals surface area contributed by atoms with E-state index in [1.807, 2.05) is 31.2 Å². The summed E-state index contributed by atoms with van der Waals surface area (Å²) in [5.74, 6) is -2.91. The van der Waals surface area contributed by atoms with Gasteiger partial charge in [0.2, 0.25) is 5.91 Å². The van der Waals surface area contributed by atoms with Gasteiger partial charge in [0.25, 0.3) is 5.91 Å². The molecule has 2 aliphatic carbocycles. The first-order valence-corrected chi connectivity index (χ1v) is 11.9. The largest absolute Gasteiger partial charge is 0.481 e. The highest BCUT2D eigenvalue weighted by Gasteiger charge is 2.54. The summed E-state index contributed by atoms with van der Waals surface area (Å²) < 4.78 is 0. The lowest BCUT2D eigenvalue weighted by Crippen LogP contribution is -2.38. The number of aryl methyl sites for hydroxylation is 1. The van der Waals surface area contributed by atoms with E-state index in [0.717, 1.165) is 35.3 Å². The molecule has 2 aromatic rings. The number of hydrogen-bond acceptors (Lipinski definition) is 4. The maximum absolute atomic E-state index is 13.2. The van der Waals surface area contributed by atoms with Crippen molar-refractivity contribution < 1.29 is 19.5 Å². The van der Waals surface area contributed by atoms with Gasteiger partial charge in [0, 0.05) is 10.4 Å². The molecule has 32 heavy (non-hydrogen) atoms. The number of anilines is 1. The molecule has 0 spiro atoms. The van der Waals surface area contributed by atoms with Gasteiger partial charge in [-0.1, -0.05) is 45.0 Å². The number of nitrogens with two attached hydrogens (primary N) is 1. The zero-order valence-electron chi connectivity index (χ0n) is 18.9. The summed E-state index contributed by atoms with van der Waals surface area (Å²) in [6, 6.07) is 8.04. The van der Waals surface area contributed by atoms with E-state index in [4.69, 9.17) is 5.73 Å². The number of rotatable bonds is 5. The molecule has 1 aromatic heterocycles. The third-order valence-corrected chi connectivity index (χ3v) is 8.13. The molecule has 0 unspecified atom stereocenters. The van der Waals surface area contributed by atoms with E-state index in [-0.39, 0.29) is 23.2 Å². The van der Waals surface area contributed by atoms with Gasteiger partial charge in [0.15, 0.2) is 0 Å². The first-order chi connectivity index (χ1) is 15.0. The molecule has 0 radical (unpaired) electrons. The number of thiophene rings is 1. The minimum Gasteiger partial charge on any atom is -0.481 e. The number of fused-ring (bicyclic) bond motifs is 2. The maximum Gasteiger partial charge on any atom is 0.307 e. The lowest BCUT2D eigenvalue weighted by atomic mass is 9.78. The molecule has 4 atom stereocenters. The lowest BCUT2D eigenvalue weighted by Gasteiger charge is -2.26. The van der Waals surface area contributed by atoms with Crippen LogP contribution in [0.3, 0.4) is 0 Å². The standard InChI is InChI=1S/C25H30N2O4S/c1-12-17(13-7-9-16(10-8-13)25(2,3)4)20(21(26)28)23(32-12)27-22(29)18-14-5-6-15(11-14)19(18)24(30)31/h7-10,14-15,18-19H,5-6,11H2,1-4H3,(H2,26,28)(H,27,29)(H,30,31)/t14-,15-,18-,19-/m0/s1. The van der Waals surface area contributed by atoms with E-state index < -0.39 is 23.7 Å². The predicted molar refractivity (Wildman–Crippen MR) is 126 cm³/mol.